The van der Waals surface area contributed by atoms with Crippen molar-refractivity contribution in [2.45, 2.75) is 20.3 Å². The van der Waals surface area contributed by atoms with Gasteiger partial charge in [-0.1, -0.05) is 13.0 Å². The number of nitro benzene ring substituents is 1. The fraction of sp³-hybridized carbons (Fsp3) is 0.333. The number of nitrogens with zero attached hydrogens (tertiary/aromatic N) is 1. The minimum absolute atomic E-state index is 0.0955. The second kappa shape index (κ2) is 7.07. The number of hydrogen-bond donors (Lipinski definition) is 3. The predicted octanol–water partition coefficient (Wildman–Crippen LogP) is 1.26. The molecule has 8 nitrogen and oxygen atoms in total. The van der Waals surface area contributed by atoms with E-state index in [9.17, 15) is 19.7 Å². The number of nitrogens with one attached hydrogen (secondary N) is 3. The fourth-order valence-electron chi connectivity index (χ4n) is 1.42. The van der Waals surface area contributed by atoms with Gasteiger partial charge in [0.25, 0.3) is 11.6 Å². The first-order valence-corrected chi connectivity index (χ1v) is 6.05. The van der Waals surface area contributed by atoms with Crippen LogP contribution in [0.3, 0.4) is 0 Å². The number of hydrazine groups is 1. The standard InChI is InChI=1S/C12H16N4O4/c1-3-6-13-12(18)15-14-11(17)9-5-4-8(2)10(7-9)16(19)20/h4-5,7H,3,6H2,1-2H3,(H,14,17)(H2,13,15,18). The molecule has 0 bridgehead atoms. The van der Waals surface area contributed by atoms with E-state index in [2.05, 4.69) is 16.2 Å². The van der Waals surface area contributed by atoms with E-state index in [1.54, 1.807) is 6.92 Å². The molecule has 0 spiro atoms. The Labute approximate surface area is 115 Å². The van der Waals surface area contributed by atoms with E-state index in [1.165, 1.54) is 12.1 Å². The van der Waals surface area contributed by atoms with Gasteiger partial charge in [-0.05, 0) is 19.4 Å². The summed E-state index contributed by atoms with van der Waals surface area (Å²) in [5, 5.41) is 13.3. The van der Waals surface area contributed by atoms with E-state index < -0.39 is 16.9 Å². The Balaban J connectivity index is 2.66. The minimum Gasteiger partial charge on any atom is -0.337 e. The molecule has 0 unspecified atom stereocenters. The number of urea groups is 1. The van der Waals surface area contributed by atoms with Gasteiger partial charge in [-0.2, -0.15) is 0 Å². The van der Waals surface area contributed by atoms with Crippen LogP contribution in [0.25, 0.3) is 0 Å². The van der Waals surface area contributed by atoms with Crippen molar-refractivity contribution in [2.75, 3.05) is 6.54 Å². The Morgan fingerprint density at radius 3 is 2.60 bits per heavy atom. The molecule has 0 atom stereocenters. The monoisotopic (exact) mass is 280 g/mol. The molecule has 0 aliphatic rings. The van der Waals surface area contributed by atoms with Gasteiger partial charge in [0.2, 0.25) is 0 Å². The van der Waals surface area contributed by atoms with Crippen LogP contribution >= 0.6 is 0 Å². The Hall–Kier alpha value is -2.64. The van der Waals surface area contributed by atoms with Crippen molar-refractivity contribution in [3.8, 4) is 0 Å². The van der Waals surface area contributed by atoms with E-state index in [1.807, 2.05) is 6.92 Å². The van der Waals surface area contributed by atoms with E-state index in [-0.39, 0.29) is 11.3 Å². The Morgan fingerprint density at radius 2 is 2.00 bits per heavy atom. The number of aryl methyl sites for hydroxylation is 1. The molecule has 0 saturated carbocycles. The van der Waals surface area contributed by atoms with Gasteiger partial charge in [0.05, 0.1) is 4.92 Å². The molecule has 1 rings (SSSR count). The van der Waals surface area contributed by atoms with Crippen LogP contribution in [0.1, 0.15) is 29.3 Å². The highest BCUT2D eigenvalue weighted by Crippen LogP contribution is 2.18. The van der Waals surface area contributed by atoms with Gasteiger partial charge < -0.3 is 5.32 Å². The lowest BCUT2D eigenvalue weighted by Gasteiger charge is -2.08. The molecular formula is C12H16N4O4. The van der Waals surface area contributed by atoms with E-state index in [4.69, 9.17) is 0 Å². The van der Waals surface area contributed by atoms with Crippen LogP contribution in [-0.4, -0.2) is 23.4 Å². The smallest absolute Gasteiger partial charge is 0.333 e. The van der Waals surface area contributed by atoms with Gasteiger partial charge in [0, 0.05) is 23.7 Å². The molecule has 0 aromatic heterocycles. The topological polar surface area (TPSA) is 113 Å². The summed E-state index contributed by atoms with van der Waals surface area (Å²) in [5.74, 6) is -0.625. The summed E-state index contributed by atoms with van der Waals surface area (Å²) < 4.78 is 0. The van der Waals surface area contributed by atoms with Gasteiger partial charge in [-0.25, -0.2) is 10.2 Å². The summed E-state index contributed by atoms with van der Waals surface area (Å²) in [7, 11) is 0. The molecule has 20 heavy (non-hydrogen) atoms. The summed E-state index contributed by atoms with van der Waals surface area (Å²) in [5.41, 5.74) is 4.74. The normalized spacial score (nSPS) is 9.70. The molecule has 0 saturated heterocycles. The molecular weight excluding hydrogens is 264 g/mol. The van der Waals surface area contributed by atoms with Crippen LogP contribution in [0.15, 0.2) is 18.2 Å². The zero-order valence-electron chi connectivity index (χ0n) is 11.2. The predicted molar refractivity (Wildman–Crippen MR) is 72.1 cm³/mol. The third-order valence-electron chi connectivity index (χ3n) is 2.49. The van der Waals surface area contributed by atoms with Crippen molar-refractivity contribution in [1.82, 2.24) is 16.2 Å². The summed E-state index contributed by atoms with van der Waals surface area (Å²) >= 11 is 0. The first-order valence-electron chi connectivity index (χ1n) is 6.05. The van der Waals surface area contributed by atoms with Crippen LogP contribution in [0.4, 0.5) is 10.5 Å². The summed E-state index contributed by atoms with van der Waals surface area (Å²) in [6, 6.07) is 3.55. The molecule has 0 heterocycles. The molecule has 1 aromatic carbocycles. The van der Waals surface area contributed by atoms with Crippen molar-refractivity contribution in [1.29, 1.82) is 0 Å². The summed E-state index contributed by atoms with van der Waals surface area (Å²) in [6.45, 7) is 3.96. The molecule has 0 aliphatic carbocycles. The van der Waals surface area contributed by atoms with Crippen LogP contribution in [-0.2, 0) is 0 Å². The third-order valence-corrected chi connectivity index (χ3v) is 2.49. The first kappa shape index (κ1) is 15.4. The van der Waals surface area contributed by atoms with E-state index >= 15 is 0 Å². The number of carbonyl (C=O) groups excluding carboxylic acids is 2. The van der Waals surface area contributed by atoms with E-state index in [0.29, 0.717) is 12.1 Å². The van der Waals surface area contributed by atoms with Crippen LogP contribution in [0.5, 0.6) is 0 Å². The fourth-order valence-corrected chi connectivity index (χ4v) is 1.42. The van der Waals surface area contributed by atoms with Crippen molar-refractivity contribution in [3.05, 3.63) is 39.4 Å². The second-order valence-electron chi connectivity index (χ2n) is 4.09. The molecule has 0 radical (unpaired) electrons. The van der Waals surface area contributed by atoms with Crippen LogP contribution in [0.2, 0.25) is 0 Å². The maximum atomic E-state index is 11.7. The Morgan fingerprint density at radius 1 is 1.30 bits per heavy atom. The zero-order valence-corrected chi connectivity index (χ0v) is 11.2. The third kappa shape index (κ3) is 4.23. The Bertz CT molecular complexity index is 530. The van der Waals surface area contributed by atoms with Crippen LogP contribution < -0.4 is 16.2 Å². The van der Waals surface area contributed by atoms with Crippen molar-refractivity contribution >= 4 is 17.6 Å². The molecule has 3 amide bonds. The SMILES string of the molecule is CCCNC(=O)NNC(=O)c1ccc(C)c([N+](=O)[O-])c1. The zero-order chi connectivity index (χ0) is 15.1. The maximum Gasteiger partial charge on any atom is 0.333 e. The highest BCUT2D eigenvalue weighted by Gasteiger charge is 2.15. The van der Waals surface area contributed by atoms with Gasteiger partial charge in [0.1, 0.15) is 0 Å². The van der Waals surface area contributed by atoms with Gasteiger partial charge in [-0.15, -0.1) is 0 Å². The van der Waals surface area contributed by atoms with Gasteiger partial charge in [0.15, 0.2) is 0 Å². The quantitative estimate of drug-likeness (QED) is 0.569. The van der Waals surface area contributed by atoms with Crippen LogP contribution in [0, 0.1) is 17.0 Å². The van der Waals surface area contributed by atoms with Crippen molar-refractivity contribution in [2.24, 2.45) is 0 Å². The number of amides is 3. The molecule has 3 N–H and O–H groups in total. The number of rotatable bonds is 4. The van der Waals surface area contributed by atoms with Crippen molar-refractivity contribution < 1.29 is 14.5 Å². The number of hydrogen-bond acceptors (Lipinski definition) is 4. The first-order chi connectivity index (χ1) is 9.45. The Kier molecular flexibility index (Phi) is 5.45. The lowest BCUT2D eigenvalue weighted by Crippen LogP contribution is -2.47. The lowest BCUT2D eigenvalue weighted by atomic mass is 10.1. The van der Waals surface area contributed by atoms with Crippen molar-refractivity contribution in [3.63, 3.8) is 0 Å². The maximum absolute atomic E-state index is 11.7. The average molecular weight is 280 g/mol. The minimum atomic E-state index is -0.625. The lowest BCUT2D eigenvalue weighted by molar-refractivity contribution is -0.385. The number of nitro groups is 1. The van der Waals surface area contributed by atoms with Gasteiger partial charge in [-0.3, -0.25) is 20.3 Å². The number of carbonyl (C=O) groups is 2. The van der Waals surface area contributed by atoms with E-state index in [0.717, 1.165) is 12.5 Å². The molecule has 8 heteroatoms. The largest absolute Gasteiger partial charge is 0.337 e. The highest BCUT2D eigenvalue weighted by atomic mass is 16.6. The second-order valence-corrected chi connectivity index (χ2v) is 4.09. The highest BCUT2D eigenvalue weighted by molar-refractivity contribution is 5.95. The molecule has 0 fully saturated rings. The number of benzene rings is 1. The molecule has 108 valence electrons. The van der Waals surface area contributed by atoms with Gasteiger partial charge >= 0.3 is 6.03 Å². The average Bonchev–Trinajstić information content (AvgIpc) is 2.42. The summed E-state index contributed by atoms with van der Waals surface area (Å²) in [6.07, 6.45) is 0.769. The molecule has 0 aliphatic heterocycles. The molecule has 1 aromatic rings. The summed E-state index contributed by atoms with van der Waals surface area (Å²) in [4.78, 5) is 33.2.